The molecule has 0 bridgehead atoms. The standard InChI is InChI=1S/C15H18ClN3O/c1-3-8-20-15-12(17)5-7-14(19-15)18-13-6-4-10(2)9-11(13)16/h4-7,9H,3,8,17H2,1-2H3,(H,18,19). The molecule has 2 rings (SSSR count). The number of pyridine rings is 1. The molecule has 3 N–H and O–H groups in total. The van der Waals surface area contributed by atoms with E-state index < -0.39 is 0 Å². The minimum atomic E-state index is 0.445. The fourth-order valence-corrected chi connectivity index (χ4v) is 1.98. The summed E-state index contributed by atoms with van der Waals surface area (Å²) in [5.74, 6) is 1.09. The molecular formula is C15H18ClN3O. The van der Waals surface area contributed by atoms with E-state index in [-0.39, 0.29) is 0 Å². The van der Waals surface area contributed by atoms with Gasteiger partial charge in [-0.05, 0) is 43.2 Å². The maximum atomic E-state index is 6.19. The van der Waals surface area contributed by atoms with Gasteiger partial charge in [-0.25, -0.2) is 0 Å². The van der Waals surface area contributed by atoms with E-state index in [4.69, 9.17) is 22.1 Å². The highest BCUT2D eigenvalue weighted by Gasteiger charge is 2.06. The van der Waals surface area contributed by atoms with Gasteiger partial charge in [0.1, 0.15) is 5.82 Å². The molecule has 4 nitrogen and oxygen atoms in total. The van der Waals surface area contributed by atoms with Crippen molar-refractivity contribution in [3.05, 3.63) is 40.9 Å². The van der Waals surface area contributed by atoms with E-state index in [0.29, 0.717) is 29.0 Å². The molecule has 1 aromatic heterocycles. The maximum absolute atomic E-state index is 6.19. The van der Waals surface area contributed by atoms with Gasteiger partial charge in [0, 0.05) is 0 Å². The van der Waals surface area contributed by atoms with Gasteiger partial charge < -0.3 is 15.8 Å². The van der Waals surface area contributed by atoms with E-state index in [1.807, 2.05) is 32.0 Å². The van der Waals surface area contributed by atoms with E-state index in [9.17, 15) is 0 Å². The first-order valence-electron chi connectivity index (χ1n) is 6.52. The number of hydrogen-bond donors (Lipinski definition) is 2. The summed E-state index contributed by atoms with van der Waals surface area (Å²) < 4.78 is 5.50. The van der Waals surface area contributed by atoms with Crippen molar-refractivity contribution in [3.8, 4) is 5.88 Å². The minimum absolute atomic E-state index is 0.445. The molecule has 0 aliphatic rings. The van der Waals surface area contributed by atoms with Crippen molar-refractivity contribution >= 4 is 28.8 Å². The second-order valence-corrected chi connectivity index (χ2v) is 4.95. The second-order valence-electron chi connectivity index (χ2n) is 4.55. The predicted octanol–water partition coefficient (Wildman–Crippen LogP) is 4.16. The Morgan fingerprint density at radius 3 is 2.80 bits per heavy atom. The average Bonchev–Trinajstić information content (AvgIpc) is 2.42. The highest BCUT2D eigenvalue weighted by molar-refractivity contribution is 6.33. The molecule has 0 aliphatic heterocycles. The number of aryl methyl sites for hydroxylation is 1. The number of hydrogen-bond acceptors (Lipinski definition) is 4. The number of halogens is 1. The number of ether oxygens (including phenoxy) is 1. The number of aromatic nitrogens is 1. The molecule has 2 aromatic rings. The van der Waals surface area contributed by atoms with Crippen molar-refractivity contribution in [1.82, 2.24) is 4.98 Å². The molecule has 106 valence electrons. The van der Waals surface area contributed by atoms with Gasteiger partial charge in [-0.2, -0.15) is 4.98 Å². The third-order valence-electron chi connectivity index (χ3n) is 2.72. The molecule has 0 radical (unpaired) electrons. The summed E-state index contributed by atoms with van der Waals surface area (Å²) in [5, 5.41) is 3.82. The van der Waals surface area contributed by atoms with Crippen LogP contribution in [0.25, 0.3) is 0 Å². The zero-order valence-corrected chi connectivity index (χ0v) is 12.4. The third kappa shape index (κ3) is 3.54. The van der Waals surface area contributed by atoms with Crippen LogP contribution in [0.4, 0.5) is 17.2 Å². The highest BCUT2D eigenvalue weighted by Crippen LogP contribution is 2.28. The minimum Gasteiger partial charge on any atom is -0.476 e. The average molecular weight is 292 g/mol. The highest BCUT2D eigenvalue weighted by atomic mass is 35.5. The Morgan fingerprint density at radius 1 is 1.30 bits per heavy atom. The van der Waals surface area contributed by atoms with E-state index in [1.165, 1.54) is 0 Å². The first-order chi connectivity index (χ1) is 9.60. The molecule has 0 spiro atoms. The van der Waals surface area contributed by atoms with Crippen LogP contribution in [0, 0.1) is 6.92 Å². The fraction of sp³-hybridized carbons (Fsp3) is 0.267. The Bertz CT molecular complexity index is 602. The number of nitrogen functional groups attached to an aromatic ring is 1. The number of anilines is 3. The summed E-state index contributed by atoms with van der Waals surface area (Å²) in [6.45, 7) is 4.62. The van der Waals surface area contributed by atoms with Crippen LogP contribution in [0.3, 0.4) is 0 Å². The summed E-state index contributed by atoms with van der Waals surface area (Å²) in [7, 11) is 0. The molecule has 0 aliphatic carbocycles. The van der Waals surface area contributed by atoms with Crippen molar-refractivity contribution < 1.29 is 4.74 Å². The molecular weight excluding hydrogens is 274 g/mol. The number of rotatable bonds is 5. The first kappa shape index (κ1) is 14.5. The van der Waals surface area contributed by atoms with Crippen molar-refractivity contribution in [1.29, 1.82) is 0 Å². The second kappa shape index (κ2) is 6.48. The smallest absolute Gasteiger partial charge is 0.239 e. The molecule has 20 heavy (non-hydrogen) atoms. The predicted molar refractivity (Wildman–Crippen MR) is 83.9 cm³/mol. The Kier molecular flexibility index (Phi) is 4.69. The fourth-order valence-electron chi connectivity index (χ4n) is 1.69. The van der Waals surface area contributed by atoms with Crippen LogP contribution in [-0.4, -0.2) is 11.6 Å². The summed E-state index contributed by atoms with van der Waals surface area (Å²) >= 11 is 6.19. The molecule has 0 saturated heterocycles. The monoisotopic (exact) mass is 291 g/mol. The van der Waals surface area contributed by atoms with Crippen LogP contribution >= 0.6 is 11.6 Å². The number of nitrogens with zero attached hydrogens (tertiary/aromatic N) is 1. The molecule has 0 atom stereocenters. The molecule has 1 aromatic carbocycles. The van der Waals surface area contributed by atoms with Crippen molar-refractivity contribution in [3.63, 3.8) is 0 Å². The Hall–Kier alpha value is -1.94. The quantitative estimate of drug-likeness (QED) is 0.868. The van der Waals surface area contributed by atoms with Crippen LogP contribution in [0.15, 0.2) is 30.3 Å². The van der Waals surface area contributed by atoms with Gasteiger partial charge in [0.05, 0.1) is 23.0 Å². The molecule has 1 heterocycles. The molecule has 0 unspecified atom stereocenters. The van der Waals surface area contributed by atoms with Gasteiger partial charge in [-0.3, -0.25) is 0 Å². The van der Waals surface area contributed by atoms with E-state index in [0.717, 1.165) is 17.7 Å². The van der Waals surface area contributed by atoms with Crippen LogP contribution in [0.1, 0.15) is 18.9 Å². The zero-order valence-electron chi connectivity index (χ0n) is 11.6. The van der Waals surface area contributed by atoms with E-state index in [1.54, 1.807) is 12.1 Å². The summed E-state index contributed by atoms with van der Waals surface area (Å²) in [5.41, 5.74) is 8.27. The van der Waals surface area contributed by atoms with Gasteiger partial charge in [-0.1, -0.05) is 24.6 Å². The van der Waals surface area contributed by atoms with Gasteiger partial charge in [0.2, 0.25) is 5.88 Å². The molecule has 5 heteroatoms. The third-order valence-corrected chi connectivity index (χ3v) is 3.03. The summed E-state index contributed by atoms with van der Waals surface area (Å²) in [6, 6.07) is 9.37. The van der Waals surface area contributed by atoms with Gasteiger partial charge in [-0.15, -0.1) is 0 Å². The SMILES string of the molecule is CCCOc1nc(Nc2ccc(C)cc2Cl)ccc1N. The van der Waals surface area contributed by atoms with E-state index >= 15 is 0 Å². The zero-order chi connectivity index (χ0) is 14.5. The van der Waals surface area contributed by atoms with Crippen LogP contribution in [0.2, 0.25) is 5.02 Å². The topological polar surface area (TPSA) is 60.2 Å². The van der Waals surface area contributed by atoms with Crippen molar-refractivity contribution in [2.24, 2.45) is 0 Å². The van der Waals surface area contributed by atoms with Crippen molar-refractivity contribution in [2.75, 3.05) is 17.7 Å². The van der Waals surface area contributed by atoms with Gasteiger partial charge in [0.25, 0.3) is 0 Å². The Labute approximate surface area is 123 Å². The lowest BCUT2D eigenvalue weighted by molar-refractivity contribution is 0.307. The first-order valence-corrected chi connectivity index (χ1v) is 6.90. The van der Waals surface area contributed by atoms with Gasteiger partial charge >= 0.3 is 0 Å². The largest absolute Gasteiger partial charge is 0.476 e. The van der Waals surface area contributed by atoms with Crippen molar-refractivity contribution in [2.45, 2.75) is 20.3 Å². The van der Waals surface area contributed by atoms with Crippen LogP contribution in [0.5, 0.6) is 5.88 Å². The Balaban J connectivity index is 2.20. The Morgan fingerprint density at radius 2 is 2.10 bits per heavy atom. The normalized spacial score (nSPS) is 10.3. The lowest BCUT2D eigenvalue weighted by atomic mass is 10.2. The van der Waals surface area contributed by atoms with Gasteiger partial charge in [0.15, 0.2) is 0 Å². The molecule has 0 amide bonds. The molecule has 0 fully saturated rings. The molecule has 0 saturated carbocycles. The number of nitrogens with one attached hydrogen (secondary N) is 1. The summed E-state index contributed by atoms with van der Waals surface area (Å²) in [4.78, 5) is 4.35. The number of nitrogens with two attached hydrogens (primary N) is 1. The number of benzene rings is 1. The lowest BCUT2D eigenvalue weighted by Crippen LogP contribution is -2.03. The van der Waals surface area contributed by atoms with Crippen LogP contribution in [-0.2, 0) is 0 Å². The van der Waals surface area contributed by atoms with Crippen LogP contribution < -0.4 is 15.8 Å². The van der Waals surface area contributed by atoms with E-state index in [2.05, 4.69) is 10.3 Å². The lowest BCUT2D eigenvalue weighted by Gasteiger charge is -2.11. The summed E-state index contributed by atoms with van der Waals surface area (Å²) in [6.07, 6.45) is 0.905. The maximum Gasteiger partial charge on any atom is 0.239 e.